The third kappa shape index (κ3) is 2.13. The molecule has 0 spiro atoms. The molecule has 0 aliphatic rings. The summed E-state index contributed by atoms with van der Waals surface area (Å²) in [5.41, 5.74) is 7.32. The molecule has 5 nitrogen and oxygen atoms in total. The molecule has 0 aliphatic heterocycles. The fourth-order valence-electron chi connectivity index (χ4n) is 1.36. The van der Waals surface area contributed by atoms with E-state index in [2.05, 4.69) is 10.1 Å². The van der Waals surface area contributed by atoms with Crippen LogP contribution in [0.1, 0.15) is 13.8 Å². The smallest absolute Gasteiger partial charge is 0.144 e. The first kappa shape index (κ1) is 10.5. The molecule has 0 unspecified atom stereocenters. The zero-order valence-electron chi connectivity index (χ0n) is 9.29. The average Bonchev–Trinajstić information content (AvgIpc) is 2.73. The summed E-state index contributed by atoms with van der Waals surface area (Å²) >= 11 is 0. The van der Waals surface area contributed by atoms with Crippen molar-refractivity contribution in [2.75, 3.05) is 5.73 Å². The van der Waals surface area contributed by atoms with Crippen LogP contribution in [0.2, 0.25) is 0 Å². The Bertz CT molecular complexity index is 465. The Labute approximate surface area is 93.9 Å². The van der Waals surface area contributed by atoms with Crippen molar-refractivity contribution in [1.29, 1.82) is 0 Å². The molecular weight excluding hydrogens is 204 g/mol. The van der Waals surface area contributed by atoms with Crippen LogP contribution in [-0.2, 0) is 0 Å². The molecule has 2 N–H and O–H groups in total. The van der Waals surface area contributed by atoms with E-state index in [4.69, 9.17) is 10.5 Å². The Morgan fingerprint density at radius 2 is 2.19 bits per heavy atom. The maximum Gasteiger partial charge on any atom is 0.144 e. The van der Waals surface area contributed by atoms with Crippen molar-refractivity contribution in [3.63, 3.8) is 0 Å². The topological polar surface area (TPSA) is 66.0 Å². The maximum atomic E-state index is 5.82. The zero-order chi connectivity index (χ0) is 11.5. The lowest BCUT2D eigenvalue weighted by Gasteiger charge is -2.13. The molecule has 5 heteroatoms. The molecule has 0 radical (unpaired) electrons. The number of hydrogen-bond donors (Lipinski definition) is 1. The summed E-state index contributed by atoms with van der Waals surface area (Å²) in [6.45, 7) is 3.92. The van der Waals surface area contributed by atoms with E-state index in [1.54, 1.807) is 17.1 Å². The lowest BCUT2D eigenvalue weighted by molar-refractivity contribution is 0.244. The van der Waals surface area contributed by atoms with Crippen LogP contribution in [0.25, 0.3) is 5.69 Å². The van der Waals surface area contributed by atoms with E-state index in [9.17, 15) is 0 Å². The van der Waals surface area contributed by atoms with Gasteiger partial charge in [0.25, 0.3) is 0 Å². The van der Waals surface area contributed by atoms with Crippen molar-refractivity contribution in [1.82, 2.24) is 14.8 Å². The summed E-state index contributed by atoms with van der Waals surface area (Å²) in [5, 5.41) is 4.05. The molecule has 0 bridgehead atoms. The minimum Gasteiger partial charge on any atom is -0.489 e. The molecule has 2 aromatic rings. The summed E-state index contributed by atoms with van der Waals surface area (Å²) in [6.07, 6.45) is 3.21. The van der Waals surface area contributed by atoms with Gasteiger partial charge in [0.15, 0.2) is 0 Å². The van der Waals surface area contributed by atoms with Gasteiger partial charge >= 0.3 is 0 Å². The first-order chi connectivity index (χ1) is 7.66. The summed E-state index contributed by atoms with van der Waals surface area (Å²) in [5.74, 6) is 0.669. The molecular formula is C11H14N4O. The number of rotatable bonds is 3. The van der Waals surface area contributed by atoms with Gasteiger partial charge in [0.1, 0.15) is 18.4 Å². The highest BCUT2D eigenvalue weighted by molar-refractivity contribution is 5.57. The Morgan fingerprint density at radius 3 is 2.81 bits per heavy atom. The predicted molar refractivity (Wildman–Crippen MR) is 61.5 cm³/mol. The Kier molecular flexibility index (Phi) is 2.76. The summed E-state index contributed by atoms with van der Waals surface area (Å²) in [7, 11) is 0. The molecule has 16 heavy (non-hydrogen) atoms. The summed E-state index contributed by atoms with van der Waals surface area (Å²) < 4.78 is 7.26. The van der Waals surface area contributed by atoms with E-state index in [1.807, 2.05) is 26.0 Å². The van der Waals surface area contributed by atoms with Crippen LogP contribution in [0.4, 0.5) is 5.69 Å². The Hall–Kier alpha value is -2.04. The molecule has 0 saturated heterocycles. The third-order valence-electron chi connectivity index (χ3n) is 2.04. The van der Waals surface area contributed by atoms with Gasteiger partial charge in [0, 0.05) is 6.07 Å². The van der Waals surface area contributed by atoms with E-state index in [0.717, 1.165) is 5.69 Å². The molecule has 2 rings (SSSR count). The lowest BCUT2D eigenvalue weighted by atomic mass is 10.2. The molecule has 0 saturated carbocycles. The van der Waals surface area contributed by atoms with E-state index >= 15 is 0 Å². The van der Waals surface area contributed by atoms with Gasteiger partial charge < -0.3 is 10.5 Å². The first-order valence-corrected chi connectivity index (χ1v) is 5.08. The van der Waals surface area contributed by atoms with E-state index in [1.165, 1.54) is 6.33 Å². The lowest BCUT2D eigenvalue weighted by Crippen LogP contribution is -2.08. The predicted octanol–water partition coefficient (Wildman–Crippen LogP) is 1.64. The molecule has 0 aliphatic carbocycles. The highest BCUT2D eigenvalue weighted by atomic mass is 16.5. The monoisotopic (exact) mass is 218 g/mol. The molecule has 1 aromatic heterocycles. The van der Waals surface area contributed by atoms with Crippen LogP contribution in [0.15, 0.2) is 30.9 Å². The second kappa shape index (κ2) is 4.22. The SMILES string of the molecule is CC(C)Oc1cc(-n2cncn2)ccc1N. The van der Waals surface area contributed by atoms with E-state index in [-0.39, 0.29) is 6.10 Å². The van der Waals surface area contributed by atoms with Crippen LogP contribution in [0.5, 0.6) is 5.75 Å². The van der Waals surface area contributed by atoms with Crippen molar-refractivity contribution in [2.45, 2.75) is 20.0 Å². The standard InChI is InChI=1S/C11H14N4O/c1-8(2)16-11-5-9(3-4-10(11)12)15-7-13-6-14-15/h3-8H,12H2,1-2H3. The van der Waals surface area contributed by atoms with Gasteiger partial charge in [-0.1, -0.05) is 0 Å². The number of benzene rings is 1. The van der Waals surface area contributed by atoms with Gasteiger partial charge in [-0.15, -0.1) is 0 Å². The largest absolute Gasteiger partial charge is 0.489 e. The highest BCUT2D eigenvalue weighted by Crippen LogP contribution is 2.25. The van der Waals surface area contributed by atoms with Crippen LogP contribution in [0.3, 0.4) is 0 Å². The fourth-order valence-corrected chi connectivity index (χ4v) is 1.36. The molecule has 1 heterocycles. The number of aromatic nitrogens is 3. The minimum atomic E-state index is 0.0910. The third-order valence-corrected chi connectivity index (χ3v) is 2.04. The average molecular weight is 218 g/mol. The molecule has 84 valence electrons. The summed E-state index contributed by atoms with van der Waals surface area (Å²) in [6, 6.07) is 5.52. The number of hydrogen-bond acceptors (Lipinski definition) is 4. The van der Waals surface area contributed by atoms with Crippen molar-refractivity contribution >= 4 is 5.69 Å². The van der Waals surface area contributed by atoms with Crippen molar-refractivity contribution in [3.05, 3.63) is 30.9 Å². The van der Waals surface area contributed by atoms with Gasteiger partial charge in [-0.3, -0.25) is 0 Å². The van der Waals surface area contributed by atoms with Gasteiger partial charge in [0.2, 0.25) is 0 Å². The van der Waals surface area contributed by atoms with Crippen LogP contribution < -0.4 is 10.5 Å². The second-order valence-corrected chi connectivity index (χ2v) is 3.73. The fraction of sp³-hybridized carbons (Fsp3) is 0.273. The van der Waals surface area contributed by atoms with Crippen molar-refractivity contribution in [2.24, 2.45) is 0 Å². The maximum absolute atomic E-state index is 5.82. The van der Waals surface area contributed by atoms with Gasteiger partial charge in [-0.2, -0.15) is 5.10 Å². The molecule has 0 fully saturated rings. The van der Waals surface area contributed by atoms with E-state index < -0.39 is 0 Å². The molecule has 1 aromatic carbocycles. The Balaban J connectivity index is 2.36. The van der Waals surface area contributed by atoms with Gasteiger partial charge in [-0.05, 0) is 26.0 Å². The normalized spacial score (nSPS) is 10.7. The van der Waals surface area contributed by atoms with Crippen molar-refractivity contribution < 1.29 is 4.74 Å². The highest BCUT2D eigenvalue weighted by Gasteiger charge is 2.05. The van der Waals surface area contributed by atoms with Gasteiger partial charge in [-0.25, -0.2) is 9.67 Å². The first-order valence-electron chi connectivity index (χ1n) is 5.08. The second-order valence-electron chi connectivity index (χ2n) is 3.73. The zero-order valence-corrected chi connectivity index (χ0v) is 9.29. The van der Waals surface area contributed by atoms with Crippen LogP contribution in [0, 0.1) is 0 Å². The number of ether oxygens (including phenoxy) is 1. The number of anilines is 1. The minimum absolute atomic E-state index is 0.0910. The number of nitrogens with zero attached hydrogens (tertiary/aromatic N) is 3. The number of nitrogen functional groups attached to an aromatic ring is 1. The van der Waals surface area contributed by atoms with E-state index in [0.29, 0.717) is 11.4 Å². The number of nitrogens with two attached hydrogens (primary N) is 1. The van der Waals surface area contributed by atoms with Crippen LogP contribution >= 0.6 is 0 Å². The Morgan fingerprint density at radius 1 is 1.38 bits per heavy atom. The van der Waals surface area contributed by atoms with Crippen LogP contribution in [-0.4, -0.2) is 20.9 Å². The quantitative estimate of drug-likeness (QED) is 0.795. The van der Waals surface area contributed by atoms with Gasteiger partial charge in [0.05, 0.1) is 17.5 Å². The van der Waals surface area contributed by atoms with Crippen molar-refractivity contribution in [3.8, 4) is 11.4 Å². The summed E-state index contributed by atoms with van der Waals surface area (Å²) in [4.78, 5) is 3.89. The molecule has 0 amide bonds. The molecule has 0 atom stereocenters.